The number of anilines is 1. The summed E-state index contributed by atoms with van der Waals surface area (Å²) in [6.07, 6.45) is -3.38. The Morgan fingerprint density at radius 1 is 1.29 bits per heavy atom. The number of alkyl halides is 3. The highest BCUT2D eigenvalue weighted by atomic mass is 19.4. The van der Waals surface area contributed by atoms with Gasteiger partial charge in [-0.2, -0.15) is 13.2 Å². The lowest BCUT2D eigenvalue weighted by atomic mass is 9.97. The Kier molecular flexibility index (Phi) is 5.82. The van der Waals surface area contributed by atoms with E-state index in [0.717, 1.165) is 33.0 Å². The van der Waals surface area contributed by atoms with Gasteiger partial charge in [0.2, 0.25) is 5.91 Å². The third-order valence-corrected chi connectivity index (χ3v) is 3.91. The van der Waals surface area contributed by atoms with Gasteiger partial charge in [-0.05, 0) is 43.6 Å². The maximum Gasteiger partial charge on any atom is 0.471 e. The predicted octanol–water partition coefficient (Wildman–Crippen LogP) is 2.15. The zero-order valence-electron chi connectivity index (χ0n) is 13.3. The number of carbonyl (C=O) groups is 2. The standard InChI is InChI=1S/C16H20F3N3O2/c1-22(15(24)16(17,18)19)10-11-3-2-4-13(9-11)21-14(23)12-5-7-20-8-6-12/h2-4,9,12,20H,5-8,10H2,1H3,(H,21,23). The number of rotatable bonds is 4. The maximum absolute atomic E-state index is 12.4. The molecule has 0 radical (unpaired) electrons. The Labute approximate surface area is 138 Å². The van der Waals surface area contributed by atoms with Gasteiger partial charge >= 0.3 is 12.1 Å². The van der Waals surface area contributed by atoms with Gasteiger partial charge in [-0.1, -0.05) is 12.1 Å². The van der Waals surface area contributed by atoms with E-state index in [1.807, 2.05) is 0 Å². The van der Waals surface area contributed by atoms with Crippen LogP contribution in [-0.4, -0.2) is 43.0 Å². The first-order valence-corrected chi connectivity index (χ1v) is 7.70. The number of amides is 2. The molecule has 0 bridgehead atoms. The molecule has 132 valence electrons. The normalized spacial score (nSPS) is 15.8. The first kappa shape index (κ1) is 18.3. The van der Waals surface area contributed by atoms with Crippen molar-refractivity contribution in [2.75, 3.05) is 25.5 Å². The minimum absolute atomic E-state index is 0.0654. The largest absolute Gasteiger partial charge is 0.471 e. The summed E-state index contributed by atoms with van der Waals surface area (Å²) in [6, 6.07) is 6.51. The summed E-state index contributed by atoms with van der Waals surface area (Å²) in [6.45, 7) is 1.40. The number of carbonyl (C=O) groups excluding carboxylic acids is 2. The van der Waals surface area contributed by atoms with Crippen LogP contribution in [0.1, 0.15) is 18.4 Å². The lowest BCUT2D eigenvalue weighted by Gasteiger charge is -2.22. The lowest BCUT2D eigenvalue weighted by molar-refractivity contribution is -0.184. The second kappa shape index (κ2) is 7.65. The van der Waals surface area contributed by atoms with Crippen LogP contribution in [0.5, 0.6) is 0 Å². The highest BCUT2D eigenvalue weighted by Crippen LogP contribution is 2.20. The Morgan fingerprint density at radius 3 is 2.58 bits per heavy atom. The van der Waals surface area contributed by atoms with Crippen LogP contribution in [0.25, 0.3) is 0 Å². The van der Waals surface area contributed by atoms with Gasteiger partial charge in [0.15, 0.2) is 0 Å². The van der Waals surface area contributed by atoms with Crippen molar-refractivity contribution in [1.29, 1.82) is 0 Å². The zero-order valence-corrected chi connectivity index (χ0v) is 13.3. The molecule has 0 spiro atoms. The van der Waals surface area contributed by atoms with E-state index in [0.29, 0.717) is 16.2 Å². The Balaban J connectivity index is 1.98. The number of hydrogen-bond donors (Lipinski definition) is 2. The summed E-state index contributed by atoms with van der Waals surface area (Å²) >= 11 is 0. The summed E-state index contributed by atoms with van der Waals surface area (Å²) < 4.78 is 37.2. The molecule has 0 aliphatic carbocycles. The van der Waals surface area contributed by atoms with Crippen LogP contribution in [0.2, 0.25) is 0 Å². The molecule has 2 N–H and O–H groups in total. The van der Waals surface area contributed by atoms with Crippen molar-refractivity contribution in [3.63, 3.8) is 0 Å². The Hall–Kier alpha value is -2.09. The number of halogens is 3. The van der Waals surface area contributed by atoms with E-state index < -0.39 is 12.1 Å². The van der Waals surface area contributed by atoms with E-state index in [2.05, 4.69) is 10.6 Å². The van der Waals surface area contributed by atoms with Crippen molar-refractivity contribution in [2.24, 2.45) is 5.92 Å². The molecule has 5 nitrogen and oxygen atoms in total. The maximum atomic E-state index is 12.4. The molecular formula is C16H20F3N3O2. The molecule has 0 aromatic heterocycles. The van der Waals surface area contributed by atoms with Crippen LogP contribution >= 0.6 is 0 Å². The van der Waals surface area contributed by atoms with Gasteiger partial charge in [-0.25, -0.2) is 0 Å². The highest BCUT2D eigenvalue weighted by molar-refractivity contribution is 5.92. The molecule has 1 fully saturated rings. The second-order valence-electron chi connectivity index (χ2n) is 5.87. The van der Waals surface area contributed by atoms with Crippen molar-refractivity contribution in [1.82, 2.24) is 10.2 Å². The van der Waals surface area contributed by atoms with Crippen LogP contribution in [0.4, 0.5) is 18.9 Å². The third kappa shape index (κ3) is 4.95. The van der Waals surface area contributed by atoms with Gasteiger partial charge < -0.3 is 15.5 Å². The highest BCUT2D eigenvalue weighted by Gasteiger charge is 2.41. The number of nitrogens with zero attached hydrogens (tertiary/aromatic N) is 1. The fourth-order valence-corrected chi connectivity index (χ4v) is 2.64. The molecule has 1 saturated heterocycles. The molecule has 0 unspecified atom stereocenters. The summed E-state index contributed by atoms with van der Waals surface area (Å²) in [4.78, 5) is 24.0. The molecule has 2 amide bonds. The summed E-state index contributed by atoms with van der Waals surface area (Å²) in [5.74, 6) is -2.05. The van der Waals surface area contributed by atoms with E-state index in [1.165, 1.54) is 0 Å². The molecule has 1 aromatic carbocycles. The summed E-state index contributed by atoms with van der Waals surface area (Å²) in [5, 5.41) is 5.97. The number of nitrogens with one attached hydrogen (secondary N) is 2. The van der Waals surface area contributed by atoms with Gasteiger partial charge in [-0.15, -0.1) is 0 Å². The topological polar surface area (TPSA) is 61.4 Å². The average molecular weight is 343 g/mol. The molecule has 1 aliphatic rings. The minimum atomic E-state index is -4.89. The number of benzene rings is 1. The lowest BCUT2D eigenvalue weighted by Crippen LogP contribution is -2.38. The molecule has 8 heteroatoms. The predicted molar refractivity (Wildman–Crippen MR) is 83.2 cm³/mol. The first-order chi connectivity index (χ1) is 11.3. The van der Waals surface area contributed by atoms with Crippen LogP contribution in [0.15, 0.2) is 24.3 Å². The minimum Gasteiger partial charge on any atom is -0.334 e. The smallest absolute Gasteiger partial charge is 0.334 e. The fourth-order valence-electron chi connectivity index (χ4n) is 2.64. The van der Waals surface area contributed by atoms with E-state index in [9.17, 15) is 22.8 Å². The van der Waals surface area contributed by atoms with Crippen molar-refractivity contribution < 1.29 is 22.8 Å². The summed E-state index contributed by atoms with van der Waals surface area (Å²) in [7, 11) is 1.09. The first-order valence-electron chi connectivity index (χ1n) is 7.70. The van der Waals surface area contributed by atoms with Gasteiger partial charge in [0.1, 0.15) is 0 Å². The number of piperidine rings is 1. The van der Waals surface area contributed by atoms with Crippen molar-refractivity contribution in [3.05, 3.63) is 29.8 Å². The molecule has 1 heterocycles. The number of hydrogen-bond acceptors (Lipinski definition) is 3. The van der Waals surface area contributed by atoms with Crippen molar-refractivity contribution in [2.45, 2.75) is 25.6 Å². The van der Waals surface area contributed by atoms with Crippen LogP contribution in [0, 0.1) is 5.92 Å². The monoisotopic (exact) mass is 343 g/mol. The molecular weight excluding hydrogens is 323 g/mol. The molecule has 24 heavy (non-hydrogen) atoms. The molecule has 1 aromatic rings. The third-order valence-electron chi connectivity index (χ3n) is 3.91. The Morgan fingerprint density at radius 2 is 1.96 bits per heavy atom. The zero-order chi connectivity index (χ0) is 17.7. The average Bonchev–Trinajstić information content (AvgIpc) is 2.54. The van der Waals surface area contributed by atoms with E-state index in [-0.39, 0.29) is 18.4 Å². The molecule has 0 atom stereocenters. The SMILES string of the molecule is CN(Cc1cccc(NC(=O)C2CCNCC2)c1)C(=O)C(F)(F)F. The van der Waals surface area contributed by atoms with E-state index in [1.54, 1.807) is 24.3 Å². The second-order valence-corrected chi connectivity index (χ2v) is 5.87. The van der Waals surface area contributed by atoms with Gasteiger partial charge in [0.25, 0.3) is 0 Å². The Bertz CT molecular complexity index is 598. The van der Waals surface area contributed by atoms with Crippen molar-refractivity contribution in [3.8, 4) is 0 Å². The fraction of sp³-hybridized carbons (Fsp3) is 0.500. The van der Waals surface area contributed by atoms with Gasteiger partial charge in [0.05, 0.1) is 0 Å². The molecule has 2 rings (SSSR count). The van der Waals surface area contributed by atoms with E-state index in [4.69, 9.17) is 0 Å². The molecule has 0 saturated carbocycles. The van der Waals surface area contributed by atoms with Gasteiger partial charge in [0, 0.05) is 25.2 Å². The van der Waals surface area contributed by atoms with Crippen LogP contribution in [-0.2, 0) is 16.1 Å². The van der Waals surface area contributed by atoms with Gasteiger partial charge in [-0.3, -0.25) is 9.59 Å². The summed E-state index contributed by atoms with van der Waals surface area (Å²) in [5.41, 5.74) is 1.03. The van der Waals surface area contributed by atoms with Crippen molar-refractivity contribution >= 4 is 17.5 Å². The van der Waals surface area contributed by atoms with E-state index >= 15 is 0 Å². The quantitative estimate of drug-likeness (QED) is 0.881. The van der Waals surface area contributed by atoms with Crippen LogP contribution < -0.4 is 10.6 Å². The molecule has 1 aliphatic heterocycles. The van der Waals surface area contributed by atoms with Crippen LogP contribution in [0.3, 0.4) is 0 Å².